The molecule has 1 N–H and O–H groups in total. The average molecular weight is 463 g/mol. The number of tetrazole rings is 1. The summed E-state index contributed by atoms with van der Waals surface area (Å²) in [5, 5.41) is 14.3. The minimum atomic E-state index is 0.0214. The van der Waals surface area contributed by atoms with Crippen molar-refractivity contribution in [2.24, 2.45) is 0 Å². The fourth-order valence-corrected chi connectivity index (χ4v) is 6.32. The Kier molecular flexibility index (Phi) is 6.82. The van der Waals surface area contributed by atoms with Crippen LogP contribution < -0.4 is 5.56 Å². The minimum Gasteiger partial charge on any atom is -0.321 e. The number of aromatic nitrogens is 5. The number of pyridine rings is 1. The van der Waals surface area contributed by atoms with Gasteiger partial charge in [0, 0.05) is 18.2 Å². The van der Waals surface area contributed by atoms with Crippen molar-refractivity contribution in [3.63, 3.8) is 0 Å². The largest absolute Gasteiger partial charge is 0.321 e. The van der Waals surface area contributed by atoms with Gasteiger partial charge in [-0.05, 0) is 79.5 Å². The first-order valence-electron chi connectivity index (χ1n) is 13.2. The summed E-state index contributed by atoms with van der Waals surface area (Å²) in [7, 11) is 0. The van der Waals surface area contributed by atoms with Gasteiger partial charge >= 0.3 is 0 Å². The highest BCUT2D eigenvalue weighted by atomic mass is 16.1. The van der Waals surface area contributed by atoms with Crippen molar-refractivity contribution >= 4 is 10.9 Å². The van der Waals surface area contributed by atoms with Gasteiger partial charge in [0.2, 0.25) is 0 Å². The summed E-state index contributed by atoms with van der Waals surface area (Å²) in [4.78, 5) is 19.0. The van der Waals surface area contributed by atoms with E-state index in [4.69, 9.17) is 0 Å². The first-order valence-corrected chi connectivity index (χ1v) is 13.2. The van der Waals surface area contributed by atoms with Crippen LogP contribution >= 0.6 is 0 Å². The van der Waals surface area contributed by atoms with Crippen molar-refractivity contribution in [2.45, 2.75) is 110 Å². The van der Waals surface area contributed by atoms with Gasteiger partial charge < -0.3 is 4.98 Å². The Hall–Kier alpha value is -2.54. The van der Waals surface area contributed by atoms with Crippen LogP contribution in [0.4, 0.5) is 0 Å². The molecule has 1 aromatic carbocycles. The molecule has 0 aliphatic heterocycles. The van der Waals surface area contributed by atoms with Crippen LogP contribution in [0.5, 0.6) is 0 Å². The number of benzene rings is 1. The number of H-pyrrole nitrogens is 1. The molecule has 2 aliphatic rings. The van der Waals surface area contributed by atoms with Gasteiger partial charge in [-0.25, -0.2) is 4.68 Å². The molecule has 1 atom stereocenters. The van der Waals surface area contributed by atoms with Crippen LogP contribution in [-0.2, 0) is 6.54 Å². The molecular weight excluding hydrogens is 424 g/mol. The van der Waals surface area contributed by atoms with Crippen LogP contribution in [0.25, 0.3) is 10.9 Å². The maximum atomic E-state index is 13.2. The van der Waals surface area contributed by atoms with Gasteiger partial charge in [0.05, 0.1) is 17.6 Å². The van der Waals surface area contributed by atoms with E-state index in [-0.39, 0.29) is 11.6 Å². The summed E-state index contributed by atoms with van der Waals surface area (Å²) in [6.07, 6.45) is 11.7. The predicted molar refractivity (Wildman–Crippen MR) is 135 cm³/mol. The molecule has 0 saturated heterocycles. The van der Waals surface area contributed by atoms with E-state index >= 15 is 0 Å². The molecule has 182 valence electrons. The summed E-state index contributed by atoms with van der Waals surface area (Å²) in [5.41, 5.74) is 4.14. The van der Waals surface area contributed by atoms with Crippen molar-refractivity contribution in [3.05, 3.63) is 51.1 Å². The quantitative estimate of drug-likeness (QED) is 0.476. The Morgan fingerprint density at radius 3 is 2.56 bits per heavy atom. The predicted octanol–water partition coefficient (Wildman–Crippen LogP) is 5.53. The summed E-state index contributed by atoms with van der Waals surface area (Å²) < 4.78 is 2.12. The fraction of sp³-hybridized carbons (Fsp3) is 0.630. The molecule has 0 amide bonds. The Balaban J connectivity index is 1.54. The van der Waals surface area contributed by atoms with Crippen LogP contribution in [0.3, 0.4) is 0 Å². The zero-order valence-corrected chi connectivity index (χ0v) is 20.9. The topological polar surface area (TPSA) is 79.7 Å². The van der Waals surface area contributed by atoms with Gasteiger partial charge in [0.25, 0.3) is 5.56 Å². The van der Waals surface area contributed by atoms with E-state index in [1.165, 1.54) is 44.1 Å². The summed E-state index contributed by atoms with van der Waals surface area (Å²) >= 11 is 0. The van der Waals surface area contributed by atoms with Crippen molar-refractivity contribution in [1.82, 2.24) is 30.1 Å². The lowest BCUT2D eigenvalue weighted by Crippen LogP contribution is -2.39. The van der Waals surface area contributed by atoms with Crippen LogP contribution in [0.1, 0.15) is 106 Å². The lowest BCUT2D eigenvalue weighted by atomic mass is 10.0. The van der Waals surface area contributed by atoms with Gasteiger partial charge in [-0.2, -0.15) is 0 Å². The maximum absolute atomic E-state index is 13.2. The fourth-order valence-electron chi connectivity index (χ4n) is 6.32. The molecule has 2 aliphatic carbocycles. The van der Waals surface area contributed by atoms with E-state index in [9.17, 15) is 4.79 Å². The zero-order chi connectivity index (χ0) is 23.7. The molecule has 2 saturated carbocycles. The van der Waals surface area contributed by atoms with E-state index in [0.717, 1.165) is 53.5 Å². The number of nitrogens with zero attached hydrogens (tertiary/aromatic N) is 5. The number of aryl methyl sites for hydroxylation is 2. The van der Waals surface area contributed by atoms with Crippen LogP contribution in [0.15, 0.2) is 23.0 Å². The van der Waals surface area contributed by atoms with E-state index in [0.29, 0.717) is 18.6 Å². The normalized spacial score (nSPS) is 18.5. The second-order valence-electron chi connectivity index (χ2n) is 10.5. The smallest absolute Gasteiger partial charge is 0.252 e. The molecule has 0 bridgehead atoms. The number of nitrogens with one attached hydrogen (secondary N) is 1. The molecule has 0 unspecified atom stereocenters. The average Bonchev–Trinajstić information content (AvgIpc) is 3.59. The Labute approximate surface area is 201 Å². The summed E-state index contributed by atoms with van der Waals surface area (Å²) in [6.45, 7) is 7.04. The summed E-state index contributed by atoms with van der Waals surface area (Å²) in [5.74, 6) is 0.990. The molecule has 7 nitrogen and oxygen atoms in total. The van der Waals surface area contributed by atoms with Gasteiger partial charge in [0.15, 0.2) is 5.82 Å². The monoisotopic (exact) mass is 462 g/mol. The SMILES string of the molecule is CCC[C@H](c1nnnn1C1CCCC1)N(Cc1cc2cc(C)cc(C)c2[nH]c1=O)C1CCCC1. The third-order valence-electron chi connectivity index (χ3n) is 7.97. The Bertz CT molecular complexity index is 1190. The highest BCUT2D eigenvalue weighted by molar-refractivity contribution is 5.82. The van der Waals surface area contributed by atoms with Crippen LogP contribution in [-0.4, -0.2) is 36.1 Å². The van der Waals surface area contributed by atoms with Gasteiger partial charge in [-0.3, -0.25) is 9.69 Å². The zero-order valence-electron chi connectivity index (χ0n) is 20.9. The molecular formula is C27H38N6O. The van der Waals surface area contributed by atoms with E-state index in [1.807, 2.05) is 0 Å². The van der Waals surface area contributed by atoms with E-state index in [2.05, 4.69) is 69.1 Å². The molecule has 0 spiro atoms. The molecule has 2 fully saturated rings. The number of hydrogen-bond donors (Lipinski definition) is 1. The van der Waals surface area contributed by atoms with E-state index < -0.39 is 0 Å². The molecule has 3 aromatic rings. The maximum Gasteiger partial charge on any atom is 0.252 e. The standard InChI is InChI=1S/C27H38N6O/c1-4-9-24(26-29-30-31-33(26)23-12-7-8-13-23)32(22-10-5-6-11-22)17-21-16-20-15-18(2)14-19(3)25(20)28-27(21)34/h14-16,22-24H,4-13,17H2,1-3H3,(H,28,34)/t24-/m1/s1. The van der Waals surface area contributed by atoms with Crippen molar-refractivity contribution in [1.29, 1.82) is 0 Å². The molecule has 2 heterocycles. The van der Waals surface area contributed by atoms with Crippen molar-refractivity contribution < 1.29 is 0 Å². The number of rotatable bonds is 8. The number of aromatic amines is 1. The molecule has 0 radical (unpaired) electrons. The number of hydrogen-bond acceptors (Lipinski definition) is 5. The molecule has 2 aromatic heterocycles. The Morgan fingerprint density at radius 1 is 1.09 bits per heavy atom. The lowest BCUT2D eigenvalue weighted by molar-refractivity contribution is 0.106. The molecule has 5 rings (SSSR count). The highest BCUT2D eigenvalue weighted by Gasteiger charge is 2.34. The molecule has 7 heteroatoms. The van der Waals surface area contributed by atoms with Crippen molar-refractivity contribution in [3.8, 4) is 0 Å². The second kappa shape index (κ2) is 9.98. The van der Waals surface area contributed by atoms with Crippen molar-refractivity contribution in [2.75, 3.05) is 0 Å². The first kappa shape index (κ1) is 23.2. The lowest BCUT2D eigenvalue weighted by Gasteiger charge is -2.36. The Morgan fingerprint density at radius 2 is 1.82 bits per heavy atom. The third-order valence-corrected chi connectivity index (χ3v) is 7.97. The summed E-state index contributed by atoms with van der Waals surface area (Å²) in [6, 6.07) is 7.40. The van der Waals surface area contributed by atoms with Crippen LogP contribution in [0, 0.1) is 13.8 Å². The second-order valence-corrected chi connectivity index (χ2v) is 10.5. The van der Waals surface area contributed by atoms with Gasteiger partial charge in [0.1, 0.15) is 0 Å². The number of fused-ring (bicyclic) bond motifs is 1. The van der Waals surface area contributed by atoms with E-state index in [1.54, 1.807) is 0 Å². The minimum absolute atomic E-state index is 0.0214. The molecule has 34 heavy (non-hydrogen) atoms. The third kappa shape index (κ3) is 4.54. The highest BCUT2D eigenvalue weighted by Crippen LogP contribution is 2.37. The van der Waals surface area contributed by atoms with Gasteiger partial charge in [-0.1, -0.05) is 50.7 Å². The van der Waals surface area contributed by atoms with Gasteiger partial charge in [-0.15, -0.1) is 5.10 Å². The first-order chi connectivity index (χ1) is 16.5. The van der Waals surface area contributed by atoms with Crippen LogP contribution in [0.2, 0.25) is 0 Å².